The van der Waals surface area contributed by atoms with E-state index >= 15 is 0 Å². The van der Waals surface area contributed by atoms with Gasteiger partial charge in [-0.25, -0.2) is 4.98 Å². The summed E-state index contributed by atoms with van der Waals surface area (Å²) in [5, 5.41) is 16.6. The molecule has 0 atom stereocenters. The summed E-state index contributed by atoms with van der Waals surface area (Å²) in [4.78, 5) is 28.4. The van der Waals surface area contributed by atoms with Gasteiger partial charge in [0.1, 0.15) is 5.56 Å². The van der Waals surface area contributed by atoms with Crippen molar-refractivity contribution in [1.82, 2.24) is 19.7 Å². The third kappa shape index (κ3) is 4.60. The van der Waals surface area contributed by atoms with Gasteiger partial charge in [-0.2, -0.15) is 23.5 Å². The molecule has 1 fully saturated rings. The van der Waals surface area contributed by atoms with Gasteiger partial charge in [0, 0.05) is 26.2 Å². The van der Waals surface area contributed by atoms with Crippen LogP contribution < -0.4 is 11.1 Å². The number of amides is 2. The lowest BCUT2D eigenvalue weighted by Crippen LogP contribution is -2.51. The number of pyridine rings is 1. The van der Waals surface area contributed by atoms with Gasteiger partial charge in [0.2, 0.25) is 5.95 Å². The zero-order chi connectivity index (χ0) is 22.8. The summed E-state index contributed by atoms with van der Waals surface area (Å²) < 4.78 is 41.2. The lowest BCUT2D eigenvalue weighted by Gasteiger charge is -2.41. The number of hydrogen-bond acceptors (Lipinski definition) is 6. The van der Waals surface area contributed by atoms with E-state index in [0.717, 1.165) is 11.0 Å². The smallest absolute Gasteiger partial charge is 0.322 e. The zero-order valence-corrected chi connectivity index (χ0v) is 16.6. The number of alkyl halides is 2. The Balaban J connectivity index is 1.90. The number of piperidine rings is 1. The van der Waals surface area contributed by atoms with Gasteiger partial charge in [0.15, 0.2) is 5.82 Å². The first kappa shape index (κ1) is 22.1. The normalized spacial score (nSPS) is 15.9. The van der Waals surface area contributed by atoms with Crippen molar-refractivity contribution in [3.05, 3.63) is 36.0 Å². The number of carbonyl (C=O) groups is 2. The van der Waals surface area contributed by atoms with Crippen molar-refractivity contribution in [2.75, 3.05) is 18.4 Å². The second kappa shape index (κ2) is 8.25. The van der Waals surface area contributed by atoms with E-state index < -0.39 is 29.2 Å². The molecule has 0 unspecified atom stereocenters. The molecule has 0 bridgehead atoms. The molecular weight excluding hydrogens is 415 g/mol. The van der Waals surface area contributed by atoms with Gasteiger partial charge in [0.25, 0.3) is 11.8 Å². The van der Waals surface area contributed by atoms with Crippen LogP contribution in [0, 0.1) is 17.3 Å². The monoisotopic (exact) mass is 435 g/mol. The molecule has 1 aliphatic heterocycles. The van der Waals surface area contributed by atoms with Gasteiger partial charge < -0.3 is 16.0 Å². The number of nitrogens with one attached hydrogen (secondary N) is 1. The summed E-state index contributed by atoms with van der Waals surface area (Å²) in [5.41, 5.74) is 4.92. The molecule has 2 amide bonds. The number of rotatable bonds is 6. The van der Waals surface area contributed by atoms with E-state index in [4.69, 9.17) is 5.73 Å². The maximum absolute atomic E-state index is 13.4. The highest BCUT2D eigenvalue weighted by Gasteiger charge is 2.43. The fourth-order valence-electron chi connectivity index (χ4n) is 3.51. The number of nitrogens with two attached hydrogens (primary N) is 1. The number of carbonyl (C=O) groups excluding carboxylic acids is 2. The van der Waals surface area contributed by atoms with Crippen LogP contribution in [0.15, 0.2) is 24.5 Å². The highest BCUT2D eigenvalue weighted by Crippen LogP contribution is 2.36. The fraction of sp³-hybridized carbons (Fsp3) is 0.421. The van der Waals surface area contributed by atoms with Crippen molar-refractivity contribution in [2.24, 2.45) is 5.73 Å². The second-order valence-electron chi connectivity index (χ2n) is 7.43. The molecule has 3 rings (SSSR count). The topological polar surface area (TPSA) is 130 Å². The third-order valence-electron chi connectivity index (χ3n) is 5.22. The van der Waals surface area contributed by atoms with E-state index in [1.54, 1.807) is 0 Å². The van der Waals surface area contributed by atoms with Crippen LogP contribution in [0.1, 0.15) is 36.5 Å². The van der Waals surface area contributed by atoms with Crippen LogP contribution in [0.25, 0.3) is 0 Å². The zero-order valence-electron chi connectivity index (χ0n) is 16.6. The highest BCUT2D eigenvalue weighted by molar-refractivity contribution is 5.98. The molecule has 12 heteroatoms. The quantitative estimate of drug-likeness (QED) is 0.669. The molecular formula is C19H20F3N7O2. The molecule has 31 heavy (non-hydrogen) atoms. The minimum absolute atomic E-state index is 0.000349. The van der Waals surface area contributed by atoms with E-state index in [9.17, 15) is 28.0 Å². The van der Waals surface area contributed by atoms with Crippen molar-refractivity contribution in [2.45, 2.75) is 37.6 Å². The molecule has 2 aromatic heterocycles. The van der Waals surface area contributed by atoms with Gasteiger partial charge >= 0.3 is 5.92 Å². The number of nitrogens with zero attached hydrogens (tertiary/aromatic N) is 5. The third-order valence-corrected chi connectivity index (χ3v) is 5.22. The summed E-state index contributed by atoms with van der Waals surface area (Å²) in [6, 6.07) is 4.58. The number of nitriles is 1. The van der Waals surface area contributed by atoms with Crippen LogP contribution in [0.5, 0.6) is 0 Å². The number of likely N-dealkylation sites (tertiary alicyclic amines) is 1. The summed E-state index contributed by atoms with van der Waals surface area (Å²) in [6.07, 6.45) is 2.93. The Labute approximate surface area is 175 Å². The van der Waals surface area contributed by atoms with Gasteiger partial charge in [0.05, 0.1) is 29.9 Å². The molecule has 0 aliphatic carbocycles. The predicted octanol–water partition coefficient (Wildman–Crippen LogP) is 2.15. The summed E-state index contributed by atoms with van der Waals surface area (Å²) in [6.45, 7) is 0.544. The molecule has 0 saturated carbocycles. The van der Waals surface area contributed by atoms with E-state index in [2.05, 4.69) is 21.5 Å². The number of hydrogen-bond donors (Lipinski definition) is 2. The minimum Gasteiger partial charge on any atom is -0.365 e. The Morgan fingerprint density at radius 3 is 2.55 bits per heavy atom. The maximum atomic E-state index is 13.4. The lowest BCUT2D eigenvalue weighted by molar-refractivity contribution is -0.157. The fourth-order valence-corrected chi connectivity index (χ4v) is 3.51. The number of primary amides is 1. The molecule has 3 N–H and O–H groups in total. The summed E-state index contributed by atoms with van der Waals surface area (Å²) in [7, 11) is 0. The Morgan fingerprint density at radius 1 is 1.35 bits per heavy atom. The maximum Gasteiger partial charge on any atom is 0.322 e. The van der Waals surface area contributed by atoms with Crippen LogP contribution in [0.3, 0.4) is 0 Å². The molecule has 164 valence electrons. The first-order valence-electron chi connectivity index (χ1n) is 9.38. The molecule has 0 aromatic carbocycles. The van der Waals surface area contributed by atoms with E-state index in [0.29, 0.717) is 12.6 Å². The van der Waals surface area contributed by atoms with Crippen molar-refractivity contribution in [1.29, 1.82) is 5.26 Å². The Kier molecular flexibility index (Phi) is 5.88. The Morgan fingerprint density at radius 2 is 2.03 bits per heavy atom. The Bertz CT molecular complexity index is 1020. The minimum atomic E-state index is -3.49. The van der Waals surface area contributed by atoms with Crippen LogP contribution in [-0.2, 0) is 10.3 Å². The second-order valence-corrected chi connectivity index (χ2v) is 7.43. The van der Waals surface area contributed by atoms with Gasteiger partial charge in [-0.05, 0) is 25.0 Å². The molecule has 0 spiro atoms. The number of anilines is 2. The summed E-state index contributed by atoms with van der Waals surface area (Å²) in [5.74, 6) is -6.15. The lowest BCUT2D eigenvalue weighted by atomic mass is 9.84. The van der Waals surface area contributed by atoms with Gasteiger partial charge in [-0.15, -0.1) is 0 Å². The van der Waals surface area contributed by atoms with Crippen molar-refractivity contribution < 1.29 is 22.8 Å². The SMILES string of the molecule is CC(F)(F)C(=O)N1CCC(CC#N)(n2cc(C(N)=O)c(Nc3ccc(F)nc3)n2)CC1. The molecule has 1 aliphatic rings. The van der Waals surface area contributed by atoms with Crippen LogP contribution in [0.2, 0.25) is 0 Å². The van der Waals surface area contributed by atoms with E-state index in [-0.39, 0.29) is 43.7 Å². The van der Waals surface area contributed by atoms with E-state index in [1.165, 1.54) is 23.1 Å². The molecule has 3 heterocycles. The number of aromatic nitrogens is 3. The van der Waals surface area contributed by atoms with Gasteiger partial charge in [-0.3, -0.25) is 14.3 Å². The van der Waals surface area contributed by atoms with Crippen molar-refractivity contribution in [3.63, 3.8) is 0 Å². The first-order chi connectivity index (χ1) is 14.6. The highest BCUT2D eigenvalue weighted by atomic mass is 19.3. The predicted molar refractivity (Wildman–Crippen MR) is 103 cm³/mol. The van der Waals surface area contributed by atoms with Crippen LogP contribution in [-0.4, -0.2) is 50.5 Å². The average Bonchev–Trinajstić information content (AvgIpc) is 3.14. The van der Waals surface area contributed by atoms with Crippen LogP contribution >= 0.6 is 0 Å². The molecule has 9 nitrogen and oxygen atoms in total. The molecule has 0 radical (unpaired) electrons. The molecule has 1 saturated heterocycles. The van der Waals surface area contributed by atoms with Crippen LogP contribution in [0.4, 0.5) is 24.7 Å². The molecule has 2 aromatic rings. The van der Waals surface area contributed by atoms with Gasteiger partial charge in [-0.1, -0.05) is 0 Å². The van der Waals surface area contributed by atoms with E-state index in [1.807, 2.05) is 0 Å². The number of halogens is 3. The standard InChI is InChI=1S/C19H20F3N7O2/c1-18(21,22)17(31)28-8-5-19(4-7-23,6-9-28)29-11-13(15(24)30)16(27-29)26-12-2-3-14(20)25-10-12/h2-3,10-11H,4-6,8-9H2,1H3,(H2,24,30)(H,26,27). The Hall–Kier alpha value is -3.62. The average molecular weight is 435 g/mol. The summed E-state index contributed by atoms with van der Waals surface area (Å²) >= 11 is 0. The first-order valence-corrected chi connectivity index (χ1v) is 9.38. The largest absolute Gasteiger partial charge is 0.365 e. The van der Waals surface area contributed by atoms with Crippen molar-refractivity contribution >= 4 is 23.3 Å². The van der Waals surface area contributed by atoms with Crippen molar-refractivity contribution in [3.8, 4) is 6.07 Å².